The van der Waals surface area contributed by atoms with Gasteiger partial charge in [0, 0.05) is 12.1 Å². The molecule has 0 saturated heterocycles. The maximum absolute atomic E-state index is 11.0. The zero-order chi connectivity index (χ0) is 9.97. The minimum Gasteiger partial charge on any atom is -0.449 e. The Morgan fingerprint density at radius 3 is 3.07 bits per heavy atom. The van der Waals surface area contributed by atoms with Crippen LogP contribution in [0.4, 0.5) is 16.2 Å². The summed E-state index contributed by atoms with van der Waals surface area (Å²) in [5, 5.41) is 5.39. The van der Waals surface area contributed by atoms with Crippen LogP contribution >= 0.6 is 0 Å². The van der Waals surface area contributed by atoms with Crippen LogP contribution in [-0.2, 0) is 11.2 Å². The summed E-state index contributed by atoms with van der Waals surface area (Å²) in [4.78, 5) is 21.3. The van der Waals surface area contributed by atoms with Crippen LogP contribution in [0.15, 0.2) is 23.4 Å². The van der Waals surface area contributed by atoms with Gasteiger partial charge in [-0.05, 0) is 28.9 Å². The first-order valence-electron chi connectivity index (χ1n) is 4.19. The molecule has 0 bridgehead atoms. The molecule has 0 radical (unpaired) electrons. The fourth-order valence-electron chi connectivity index (χ4n) is 1.37. The van der Waals surface area contributed by atoms with Crippen molar-refractivity contribution >= 4 is 17.5 Å². The van der Waals surface area contributed by atoms with Gasteiger partial charge < -0.3 is 4.74 Å². The van der Waals surface area contributed by atoms with Crippen molar-refractivity contribution in [2.75, 3.05) is 11.9 Å². The number of nitroso groups, excluding NO2 is 1. The highest BCUT2D eigenvalue weighted by Crippen LogP contribution is 2.24. The number of carbonyl (C=O) groups excluding carboxylic acids is 1. The van der Waals surface area contributed by atoms with Crippen molar-refractivity contribution in [3.63, 3.8) is 0 Å². The summed E-state index contributed by atoms with van der Waals surface area (Å²) in [7, 11) is 0. The standard InChI is InChI=1S/C9H8N2O3/c12-9-10-8-2-1-7(11-13)5-6(8)3-4-14-9/h1-2,5H,3-4H2,(H,10,12). The fourth-order valence-corrected chi connectivity index (χ4v) is 1.37. The highest BCUT2D eigenvalue weighted by molar-refractivity contribution is 5.86. The highest BCUT2D eigenvalue weighted by atomic mass is 16.5. The lowest BCUT2D eigenvalue weighted by Gasteiger charge is -2.03. The van der Waals surface area contributed by atoms with Gasteiger partial charge in [0.2, 0.25) is 0 Å². The van der Waals surface area contributed by atoms with Gasteiger partial charge in [0.1, 0.15) is 5.69 Å². The molecule has 0 aliphatic carbocycles. The van der Waals surface area contributed by atoms with E-state index in [1.807, 2.05) is 0 Å². The number of nitrogens with one attached hydrogen (secondary N) is 1. The Hall–Kier alpha value is -1.91. The van der Waals surface area contributed by atoms with Crippen LogP contribution in [0, 0.1) is 4.91 Å². The molecule has 14 heavy (non-hydrogen) atoms. The van der Waals surface area contributed by atoms with E-state index in [0.717, 1.165) is 5.56 Å². The van der Waals surface area contributed by atoms with Gasteiger partial charge >= 0.3 is 6.09 Å². The van der Waals surface area contributed by atoms with E-state index in [-0.39, 0.29) is 0 Å². The Labute approximate surface area is 80.0 Å². The van der Waals surface area contributed by atoms with Gasteiger partial charge in [0.05, 0.1) is 6.61 Å². The van der Waals surface area contributed by atoms with E-state index >= 15 is 0 Å². The molecule has 0 spiro atoms. The van der Waals surface area contributed by atoms with E-state index in [9.17, 15) is 9.70 Å². The molecule has 1 aliphatic heterocycles. The Bertz CT molecular complexity index is 390. The van der Waals surface area contributed by atoms with Crippen LogP contribution < -0.4 is 5.32 Å². The van der Waals surface area contributed by atoms with Crippen LogP contribution in [0.5, 0.6) is 0 Å². The van der Waals surface area contributed by atoms with E-state index in [0.29, 0.717) is 24.4 Å². The molecule has 1 heterocycles. The van der Waals surface area contributed by atoms with Gasteiger partial charge in [0.25, 0.3) is 0 Å². The Kier molecular flexibility index (Phi) is 2.14. The van der Waals surface area contributed by atoms with Crippen molar-refractivity contribution in [1.29, 1.82) is 0 Å². The second kappa shape index (κ2) is 3.45. The largest absolute Gasteiger partial charge is 0.449 e. The quantitative estimate of drug-likeness (QED) is 0.693. The molecule has 0 fully saturated rings. The van der Waals surface area contributed by atoms with Crippen molar-refractivity contribution < 1.29 is 9.53 Å². The second-order valence-corrected chi connectivity index (χ2v) is 2.94. The van der Waals surface area contributed by atoms with Crippen LogP contribution in [0.2, 0.25) is 0 Å². The van der Waals surface area contributed by atoms with Gasteiger partial charge in [-0.15, -0.1) is 4.91 Å². The molecule has 1 amide bonds. The molecule has 0 unspecified atom stereocenters. The first-order valence-corrected chi connectivity index (χ1v) is 4.19. The number of amides is 1. The number of rotatable bonds is 1. The molecule has 0 aromatic heterocycles. The van der Waals surface area contributed by atoms with Crippen molar-refractivity contribution in [3.05, 3.63) is 28.7 Å². The van der Waals surface area contributed by atoms with Crippen molar-refractivity contribution in [1.82, 2.24) is 0 Å². The molecule has 0 saturated carbocycles. The Balaban J connectivity index is 2.40. The maximum Gasteiger partial charge on any atom is 0.411 e. The number of nitrogens with zero attached hydrogens (tertiary/aromatic N) is 1. The second-order valence-electron chi connectivity index (χ2n) is 2.94. The normalized spacial score (nSPS) is 14.7. The van der Waals surface area contributed by atoms with Crippen molar-refractivity contribution in [2.45, 2.75) is 6.42 Å². The van der Waals surface area contributed by atoms with Gasteiger partial charge in [-0.1, -0.05) is 0 Å². The molecular formula is C9H8N2O3. The summed E-state index contributed by atoms with van der Waals surface area (Å²) in [6.45, 7) is 0.321. The number of carbonyl (C=O) groups is 1. The fraction of sp³-hybridized carbons (Fsp3) is 0.222. The first-order chi connectivity index (χ1) is 6.79. The van der Waals surface area contributed by atoms with Gasteiger partial charge in [-0.2, -0.15) is 0 Å². The van der Waals surface area contributed by atoms with E-state index < -0.39 is 6.09 Å². The molecular weight excluding hydrogens is 184 g/mol. The minimum atomic E-state index is -0.462. The van der Waals surface area contributed by atoms with Gasteiger partial charge in [-0.3, -0.25) is 5.32 Å². The zero-order valence-electron chi connectivity index (χ0n) is 7.32. The van der Waals surface area contributed by atoms with E-state index in [4.69, 9.17) is 4.74 Å². The Morgan fingerprint density at radius 1 is 1.43 bits per heavy atom. The summed E-state index contributed by atoms with van der Waals surface area (Å²) < 4.78 is 4.80. The summed E-state index contributed by atoms with van der Waals surface area (Å²) >= 11 is 0. The molecule has 1 aliphatic rings. The third-order valence-corrected chi connectivity index (χ3v) is 2.04. The molecule has 1 aromatic rings. The molecule has 0 atom stereocenters. The molecule has 1 aromatic carbocycles. The van der Waals surface area contributed by atoms with Crippen LogP contribution in [-0.4, -0.2) is 12.7 Å². The van der Waals surface area contributed by atoms with E-state index in [1.54, 1.807) is 18.2 Å². The molecule has 2 rings (SSSR count). The van der Waals surface area contributed by atoms with Crippen molar-refractivity contribution in [3.8, 4) is 0 Å². The lowest BCUT2D eigenvalue weighted by molar-refractivity contribution is 0.165. The van der Waals surface area contributed by atoms with Crippen LogP contribution in [0.1, 0.15) is 5.56 Å². The number of cyclic esters (lactones) is 1. The van der Waals surface area contributed by atoms with Gasteiger partial charge in [-0.25, -0.2) is 4.79 Å². The minimum absolute atomic E-state index is 0.321. The smallest absolute Gasteiger partial charge is 0.411 e. The lowest BCUT2D eigenvalue weighted by Crippen LogP contribution is -2.11. The Morgan fingerprint density at radius 2 is 2.29 bits per heavy atom. The molecule has 72 valence electrons. The van der Waals surface area contributed by atoms with Crippen LogP contribution in [0.25, 0.3) is 0 Å². The third-order valence-electron chi connectivity index (χ3n) is 2.04. The topological polar surface area (TPSA) is 67.8 Å². The predicted molar refractivity (Wildman–Crippen MR) is 50.6 cm³/mol. The van der Waals surface area contributed by atoms with E-state index in [1.165, 1.54) is 0 Å². The lowest BCUT2D eigenvalue weighted by atomic mass is 10.1. The number of hydrogen-bond donors (Lipinski definition) is 1. The average Bonchev–Trinajstić information content (AvgIpc) is 2.37. The zero-order valence-corrected chi connectivity index (χ0v) is 7.32. The number of ether oxygens (including phenoxy) is 1. The highest BCUT2D eigenvalue weighted by Gasteiger charge is 2.13. The molecule has 1 N–H and O–H groups in total. The summed E-state index contributed by atoms with van der Waals surface area (Å²) in [5.41, 5.74) is 1.91. The summed E-state index contributed by atoms with van der Waals surface area (Å²) in [5.74, 6) is 0. The molecule has 5 heteroatoms. The van der Waals surface area contributed by atoms with E-state index in [2.05, 4.69) is 10.5 Å². The number of fused-ring (bicyclic) bond motifs is 1. The SMILES string of the molecule is O=Nc1ccc2c(c1)CCOC(=O)N2. The number of anilines is 1. The van der Waals surface area contributed by atoms with Crippen LogP contribution in [0.3, 0.4) is 0 Å². The van der Waals surface area contributed by atoms with Gasteiger partial charge in [0.15, 0.2) is 0 Å². The number of benzene rings is 1. The first kappa shape index (κ1) is 8.68. The summed E-state index contributed by atoms with van der Waals surface area (Å²) in [6.07, 6.45) is 0.132. The third kappa shape index (κ3) is 1.56. The monoisotopic (exact) mass is 192 g/mol. The summed E-state index contributed by atoms with van der Waals surface area (Å²) in [6, 6.07) is 4.85. The average molecular weight is 192 g/mol. The molecule has 5 nitrogen and oxygen atoms in total. The number of hydrogen-bond acceptors (Lipinski definition) is 4. The maximum atomic E-state index is 11.0. The predicted octanol–water partition coefficient (Wildman–Crippen LogP) is 2.19. The van der Waals surface area contributed by atoms with Crippen molar-refractivity contribution in [2.24, 2.45) is 5.18 Å².